The Morgan fingerprint density at radius 2 is 1.88 bits per heavy atom. The molecule has 4 nitrogen and oxygen atoms in total. The number of hydrogen-bond donors (Lipinski definition) is 0. The average Bonchev–Trinajstić information content (AvgIpc) is 2.61. The van der Waals surface area contributed by atoms with Crippen LogP contribution in [0.5, 0.6) is 0 Å². The molecule has 1 aromatic carbocycles. The predicted molar refractivity (Wildman–Crippen MR) is 94.8 cm³/mol. The molecule has 8 heteroatoms. The van der Waals surface area contributed by atoms with Crippen molar-refractivity contribution in [2.45, 2.75) is 43.1 Å². The Morgan fingerprint density at radius 1 is 1.23 bits per heavy atom. The Morgan fingerprint density at radius 3 is 2.54 bits per heavy atom. The maximum absolute atomic E-state index is 13.1. The summed E-state index contributed by atoms with van der Waals surface area (Å²) in [5.74, 6) is -0.634. The number of amides is 1. The molecule has 1 saturated heterocycles. The fourth-order valence-electron chi connectivity index (χ4n) is 2.97. The zero-order valence-electron chi connectivity index (χ0n) is 14.6. The minimum absolute atomic E-state index is 0.0573. The standard InChI is InChI=1S/C18H20F3N3OS/c1-11-7-9-24(10-8-11)16(25)12(2)26-15-13-5-3-4-6-14(13)22-17(23-15)18(19,20)21/h3-6,11-12H,7-10H2,1-2H3. The van der Waals surface area contributed by atoms with Gasteiger partial charge < -0.3 is 4.90 Å². The number of hydrogen-bond acceptors (Lipinski definition) is 4. The molecular weight excluding hydrogens is 363 g/mol. The molecule has 0 radical (unpaired) electrons. The summed E-state index contributed by atoms with van der Waals surface area (Å²) in [6.45, 7) is 5.27. The number of fused-ring (bicyclic) bond motifs is 1. The lowest BCUT2D eigenvalue weighted by atomic mass is 9.99. The summed E-state index contributed by atoms with van der Waals surface area (Å²) < 4.78 is 39.3. The fraction of sp³-hybridized carbons (Fsp3) is 0.500. The van der Waals surface area contributed by atoms with E-state index in [1.54, 1.807) is 30.0 Å². The normalized spacial score (nSPS) is 17.5. The summed E-state index contributed by atoms with van der Waals surface area (Å²) in [7, 11) is 0. The molecule has 0 spiro atoms. The number of thioether (sulfide) groups is 1. The van der Waals surface area contributed by atoms with Crippen molar-refractivity contribution in [2.24, 2.45) is 5.92 Å². The van der Waals surface area contributed by atoms with Crippen LogP contribution < -0.4 is 0 Å². The first-order chi connectivity index (χ1) is 12.3. The molecule has 2 aromatic rings. The van der Waals surface area contributed by atoms with Gasteiger partial charge in [-0.25, -0.2) is 9.97 Å². The van der Waals surface area contributed by atoms with Gasteiger partial charge in [-0.15, -0.1) is 0 Å². The van der Waals surface area contributed by atoms with Crippen LogP contribution in [0.3, 0.4) is 0 Å². The minimum Gasteiger partial charge on any atom is -0.342 e. The van der Waals surface area contributed by atoms with E-state index in [1.807, 2.05) is 0 Å². The molecule has 1 atom stereocenters. The molecule has 0 aliphatic carbocycles. The zero-order chi connectivity index (χ0) is 18.9. The number of rotatable bonds is 3. The molecule has 1 aliphatic rings. The second-order valence-corrected chi connectivity index (χ2v) is 7.96. The highest BCUT2D eigenvalue weighted by Gasteiger charge is 2.36. The third-order valence-corrected chi connectivity index (χ3v) is 5.64. The summed E-state index contributed by atoms with van der Waals surface area (Å²) in [4.78, 5) is 21.8. The Hall–Kier alpha value is -1.83. The van der Waals surface area contributed by atoms with E-state index in [4.69, 9.17) is 0 Å². The van der Waals surface area contributed by atoms with E-state index >= 15 is 0 Å². The van der Waals surface area contributed by atoms with E-state index < -0.39 is 17.3 Å². The molecule has 2 heterocycles. The number of aromatic nitrogens is 2. The Bertz CT molecular complexity index is 804. The molecular formula is C18H20F3N3OS. The van der Waals surface area contributed by atoms with Gasteiger partial charge in [-0.05, 0) is 31.7 Å². The monoisotopic (exact) mass is 383 g/mol. The summed E-state index contributed by atoms with van der Waals surface area (Å²) in [6, 6.07) is 6.56. The SMILES string of the molecule is CC1CCN(C(=O)C(C)Sc2nc(C(F)(F)F)nc3ccccc23)CC1. The van der Waals surface area contributed by atoms with Gasteiger partial charge in [-0.2, -0.15) is 13.2 Å². The van der Waals surface area contributed by atoms with Gasteiger partial charge >= 0.3 is 6.18 Å². The molecule has 3 rings (SSSR count). The van der Waals surface area contributed by atoms with Gasteiger partial charge in [0.25, 0.3) is 0 Å². The molecule has 0 saturated carbocycles. The summed E-state index contributed by atoms with van der Waals surface area (Å²) in [5.41, 5.74) is 0.226. The summed E-state index contributed by atoms with van der Waals surface area (Å²) in [6.07, 6.45) is -2.72. The van der Waals surface area contributed by atoms with Gasteiger partial charge in [0.05, 0.1) is 10.8 Å². The first-order valence-corrected chi connectivity index (χ1v) is 9.43. The molecule has 1 aliphatic heterocycles. The van der Waals surface area contributed by atoms with Crippen LogP contribution in [0.25, 0.3) is 10.9 Å². The van der Waals surface area contributed by atoms with Crippen LogP contribution >= 0.6 is 11.8 Å². The molecule has 1 aromatic heterocycles. The number of para-hydroxylation sites is 1. The van der Waals surface area contributed by atoms with E-state index in [0.717, 1.165) is 24.6 Å². The van der Waals surface area contributed by atoms with E-state index in [9.17, 15) is 18.0 Å². The van der Waals surface area contributed by atoms with Crippen molar-refractivity contribution in [1.82, 2.24) is 14.9 Å². The Balaban J connectivity index is 1.86. The van der Waals surface area contributed by atoms with Crippen LogP contribution in [0.1, 0.15) is 32.5 Å². The highest BCUT2D eigenvalue weighted by atomic mass is 32.2. The molecule has 140 valence electrons. The smallest absolute Gasteiger partial charge is 0.342 e. The van der Waals surface area contributed by atoms with Gasteiger partial charge in [0.2, 0.25) is 11.7 Å². The van der Waals surface area contributed by atoms with Gasteiger partial charge in [0.15, 0.2) is 0 Å². The predicted octanol–water partition coefficient (Wildman–Crippen LogP) is 4.39. The molecule has 0 bridgehead atoms. The van der Waals surface area contributed by atoms with Crippen molar-refractivity contribution in [1.29, 1.82) is 0 Å². The largest absolute Gasteiger partial charge is 0.451 e. The Labute approximate surface area is 154 Å². The van der Waals surface area contributed by atoms with E-state index in [-0.39, 0.29) is 16.4 Å². The second kappa shape index (κ2) is 7.42. The maximum Gasteiger partial charge on any atom is 0.451 e. The van der Waals surface area contributed by atoms with Crippen molar-refractivity contribution in [3.63, 3.8) is 0 Å². The van der Waals surface area contributed by atoms with Crippen LogP contribution in [0.4, 0.5) is 13.2 Å². The molecule has 1 amide bonds. The number of carbonyl (C=O) groups excluding carboxylic acids is 1. The summed E-state index contributed by atoms with van der Waals surface area (Å²) >= 11 is 1.06. The van der Waals surface area contributed by atoms with Crippen LogP contribution in [0.15, 0.2) is 29.3 Å². The van der Waals surface area contributed by atoms with Crippen molar-refractivity contribution >= 4 is 28.6 Å². The van der Waals surface area contributed by atoms with Crippen LogP contribution in [0, 0.1) is 5.92 Å². The number of nitrogens with zero attached hydrogens (tertiary/aromatic N) is 3. The van der Waals surface area contributed by atoms with Crippen molar-refractivity contribution in [3.05, 3.63) is 30.1 Å². The first-order valence-electron chi connectivity index (χ1n) is 8.55. The van der Waals surface area contributed by atoms with E-state index in [2.05, 4.69) is 16.9 Å². The first kappa shape index (κ1) is 18.9. The summed E-state index contributed by atoms with van der Waals surface area (Å²) in [5, 5.41) is 0.203. The third-order valence-electron chi connectivity index (χ3n) is 4.55. The number of carbonyl (C=O) groups is 1. The van der Waals surface area contributed by atoms with Crippen LogP contribution in [-0.4, -0.2) is 39.1 Å². The van der Waals surface area contributed by atoms with Gasteiger partial charge in [0, 0.05) is 18.5 Å². The molecule has 1 unspecified atom stereocenters. The number of piperidine rings is 1. The molecule has 0 N–H and O–H groups in total. The van der Waals surface area contributed by atoms with Gasteiger partial charge in [-0.1, -0.05) is 36.9 Å². The highest BCUT2D eigenvalue weighted by Crippen LogP contribution is 2.34. The fourth-order valence-corrected chi connectivity index (χ4v) is 3.99. The van der Waals surface area contributed by atoms with Crippen molar-refractivity contribution in [2.75, 3.05) is 13.1 Å². The van der Waals surface area contributed by atoms with E-state index in [0.29, 0.717) is 24.4 Å². The van der Waals surface area contributed by atoms with Crippen molar-refractivity contribution in [3.8, 4) is 0 Å². The zero-order valence-corrected chi connectivity index (χ0v) is 15.4. The van der Waals surface area contributed by atoms with Crippen LogP contribution in [-0.2, 0) is 11.0 Å². The Kier molecular flexibility index (Phi) is 5.41. The second-order valence-electron chi connectivity index (χ2n) is 6.64. The van der Waals surface area contributed by atoms with E-state index in [1.165, 1.54) is 6.07 Å². The lowest BCUT2D eigenvalue weighted by Crippen LogP contribution is -2.41. The maximum atomic E-state index is 13.1. The average molecular weight is 383 g/mol. The lowest BCUT2D eigenvalue weighted by Gasteiger charge is -2.32. The van der Waals surface area contributed by atoms with Gasteiger partial charge in [0.1, 0.15) is 5.03 Å². The quantitative estimate of drug-likeness (QED) is 0.583. The number of benzene rings is 1. The minimum atomic E-state index is -4.63. The lowest BCUT2D eigenvalue weighted by molar-refractivity contribution is -0.145. The highest BCUT2D eigenvalue weighted by molar-refractivity contribution is 8.00. The van der Waals surface area contributed by atoms with Gasteiger partial charge in [-0.3, -0.25) is 4.79 Å². The number of halogens is 3. The number of alkyl halides is 3. The molecule has 1 fully saturated rings. The molecule has 26 heavy (non-hydrogen) atoms. The topological polar surface area (TPSA) is 46.1 Å². The third kappa shape index (κ3) is 4.11. The van der Waals surface area contributed by atoms with Crippen molar-refractivity contribution < 1.29 is 18.0 Å². The van der Waals surface area contributed by atoms with Crippen LogP contribution in [0.2, 0.25) is 0 Å². The number of likely N-dealkylation sites (tertiary alicyclic amines) is 1.